The molecule has 0 saturated heterocycles. The molecule has 5 aromatic rings. The molecule has 0 atom stereocenters. The number of methoxy groups -OCH3 is 1. The number of nitrogens with two attached hydrogens (primary N) is 1. The highest BCUT2D eigenvalue weighted by atomic mass is 16.5. The van der Waals surface area contributed by atoms with Crippen LogP contribution in [0.2, 0.25) is 0 Å². The van der Waals surface area contributed by atoms with Gasteiger partial charge in [-0.1, -0.05) is 60.7 Å². The number of ether oxygens (including phenoxy) is 2. The first-order valence-electron chi connectivity index (χ1n) is 13.0. The van der Waals surface area contributed by atoms with Crippen LogP contribution in [0.1, 0.15) is 27.9 Å². The van der Waals surface area contributed by atoms with Crippen molar-refractivity contribution in [3.63, 3.8) is 0 Å². The second kappa shape index (κ2) is 12.3. The predicted octanol–water partition coefficient (Wildman–Crippen LogP) is 6.30. The van der Waals surface area contributed by atoms with Gasteiger partial charge in [0.1, 0.15) is 28.6 Å². The van der Waals surface area contributed by atoms with E-state index in [1.165, 1.54) is 18.7 Å². The molecule has 0 bridgehead atoms. The smallest absolute Gasteiger partial charge is 0.339 e. The lowest BCUT2D eigenvalue weighted by molar-refractivity contribution is 0.0693. The van der Waals surface area contributed by atoms with Gasteiger partial charge in [0.2, 0.25) is 0 Å². The number of pyridine rings is 2. The number of rotatable bonds is 6. The molecule has 0 aliphatic carbocycles. The summed E-state index contributed by atoms with van der Waals surface area (Å²) >= 11 is 0. The lowest BCUT2D eigenvalue weighted by Crippen LogP contribution is -2.14. The molecule has 8 heteroatoms. The highest BCUT2D eigenvalue weighted by molar-refractivity contribution is 5.98. The normalized spacial score (nSPS) is 11.9. The van der Waals surface area contributed by atoms with Crippen molar-refractivity contribution in [2.45, 2.75) is 19.4 Å². The number of nitrogens with one attached hydrogen (secondary N) is 1. The Morgan fingerprint density at radius 2 is 1.73 bits per heavy atom. The highest BCUT2D eigenvalue weighted by Crippen LogP contribution is 2.39. The van der Waals surface area contributed by atoms with E-state index in [0.717, 1.165) is 42.0 Å². The molecule has 0 saturated carbocycles. The maximum atomic E-state index is 11.7. The fourth-order valence-electron chi connectivity index (χ4n) is 4.55. The molecule has 2 aromatic heterocycles. The number of benzene rings is 3. The minimum absolute atomic E-state index is 0.0499. The Hall–Kier alpha value is -4.95. The van der Waals surface area contributed by atoms with Crippen LogP contribution in [-0.2, 0) is 13.0 Å². The van der Waals surface area contributed by atoms with Gasteiger partial charge in [0.05, 0.1) is 12.6 Å². The van der Waals surface area contributed by atoms with E-state index in [1.54, 1.807) is 18.3 Å². The topological polar surface area (TPSA) is 120 Å². The van der Waals surface area contributed by atoms with Crippen molar-refractivity contribution in [3.05, 3.63) is 108 Å². The zero-order valence-electron chi connectivity index (χ0n) is 22.1. The first-order valence-corrected chi connectivity index (χ1v) is 13.0. The van der Waals surface area contributed by atoms with Crippen LogP contribution >= 0.6 is 0 Å². The monoisotopic (exact) mass is 534 g/mol. The minimum atomic E-state index is -1.08. The van der Waals surface area contributed by atoms with Crippen LogP contribution in [0.15, 0.2) is 91.1 Å². The standard InChI is InChI=1S/C25H21N3O4.C7H9N/c1-31-21-14-19-17(13-18(21)25(29)30)20(9-11-26-19)32-22-12-16-8-5-10-27-24(16)28-23(22)15-6-3-2-4-7-15;8-6-7-4-2-1-3-5-7/h2-4,6-7,9,11-14H,5,8,10H2,1H3,(H,27,28)(H,29,30);1-5H,6,8H2. The van der Waals surface area contributed by atoms with Gasteiger partial charge in [-0.05, 0) is 42.2 Å². The third-order valence-corrected chi connectivity index (χ3v) is 6.58. The van der Waals surface area contributed by atoms with Crippen molar-refractivity contribution in [2.75, 3.05) is 19.0 Å². The molecule has 1 aliphatic rings. The molecule has 1 aliphatic heterocycles. The fraction of sp³-hybridized carbons (Fsp3) is 0.156. The van der Waals surface area contributed by atoms with E-state index in [4.69, 9.17) is 20.2 Å². The Morgan fingerprint density at radius 3 is 2.40 bits per heavy atom. The number of hydrogen-bond donors (Lipinski definition) is 3. The first kappa shape index (κ1) is 26.6. The summed E-state index contributed by atoms with van der Waals surface area (Å²) in [6, 6.07) is 26.7. The van der Waals surface area contributed by atoms with Crippen LogP contribution in [0.3, 0.4) is 0 Å². The molecule has 4 N–H and O–H groups in total. The number of anilines is 1. The van der Waals surface area contributed by atoms with Gasteiger partial charge in [0, 0.05) is 36.3 Å². The van der Waals surface area contributed by atoms with Crippen LogP contribution in [0, 0.1) is 0 Å². The van der Waals surface area contributed by atoms with Gasteiger partial charge in [-0.25, -0.2) is 9.78 Å². The van der Waals surface area contributed by atoms with E-state index in [-0.39, 0.29) is 11.3 Å². The summed E-state index contributed by atoms with van der Waals surface area (Å²) in [5.74, 6) is 1.16. The summed E-state index contributed by atoms with van der Waals surface area (Å²) in [5.41, 5.74) is 9.92. The lowest BCUT2D eigenvalue weighted by atomic mass is 10.0. The van der Waals surface area contributed by atoms with Gasteiger partial charge in [-0.2, -0.15) is 0 Å². The zero-order chi connectivity index (χ0) is 27.9. The lowest BCUT2D eigenvalue weighted by Gasteiger charge is -2.21. The molecule has 0 fully saturated rings. The van der Waals surface area contributed by atoms with Gasteiger partial charge < -0.3 is 25.6 Å². The van der Waals surface area contributed by atoms with Crippen LogP contribution in [0.4, 0.5) is 5.82 Å². The molecular weight excluding hydrogens is 504 g/mol. The number of carboxylic acids is 1. The molecule has 202 valence electrons. The molecule has 40 heavy (non-hydrogen) atoms. The summed E-state index contributed by atoms with van der Waals surface area (Å²) in [6.07, 6.45) is 3.57. The van der Waals surface area contributed by atoms with Crippen molar-refractivity contribution in [3.8, 4) is 28.5 Å². The number of nitrogens with zero attached hydrogens (tertiary/aromatic N) is 2. The maximum Gasteiger partial charge on any atom is 0.339 e. The van der Waals surface area contributed by atoms with Crippen LogP contribution in [0.25, 0.3) is 22.2 Å². The summed E-state index contributed by atoms with van der Waals surface area (Å²) in [5, 5.41) is 13.6. The molecule has 3 aromatic carbocycles. The first-order chi connectivity index (χ1) is 19.6. The second-order valence-corrected chi connectivity index (χ2v) is 9.21. The number of fused-ring (bicyclic) bond motifs is 2. The molecule has 0 spiro atoms. The average molecular weight is 535 g/mol. The molecule has 6 rings (SSSR count). The van der Waals surface area contributed by atoms with Gasteiger partial charge >= 0.3 is 5.97 Å². The number of carboxylic acid groups (broad SMARTS) is 1. The largest absolute Gasteiger partial charge is 0.496 e. The van der Waals surface area contributed by atoms with E-state index in [2.05, 4.69) is 10.3 Å². The minimum Gasteiger partial charge on any atom is -0.496 e. The maximum absolute atomic E-state index is 11.7. The van der Waals surface area contributed by atoms with E-state index in [1.807, 2.05) is 66.7 Å². The van der Waals surface area contributed by atoms with Crippen molar-refractivity contribution >= 4 is 22.7 Å². The van der Waals surface area contributed by atoms with Gasteiger partial charge in [-0.3, -0.25) is 4.98 Å². The quantitative estimate of drug-likeness (QED) is 0.232. The highest BCUT2D eigenvalue weighted by Gasteiger charge is 2.20. The Kier molecular flexibility index (Phi) is 8.18. The van der Waals surface area contributed by atoms with E-state index >= 15 is 0 Å². The molecule has 0 amide bonds. The number of hydrogen-bond acceptors (Lipinski definition) is 7. The van der Waals surface area contributed by atoms with Crippen molar-refractivity contribution < 1.29 is 19.4 Å². The van der Waals surface area contributed by atoms with Gasteiger partial charge in [-0.15, -0.1) is 0 Å². The average Bonchev–Trinajstić information content (AvgIpc) is 3.01. The van der Waals surface area contributed by atoms with E-state index in [0.29, 0.717) is 28.9 Å². The SMILES string of the molecule is COc1cc2nccc(Oc3cc4c(nc3-c3ccccc3)NCCC4)c2cc1C(=O)O.NCc1ccccc1. The summed E-state index contributed by atoms with van der Waals surface area (Å²) < 4.78 is 11.6. The third kappa shape index (κ3) is 5.87. The molecular formula is C32H30N4O4. The predicted molar refractivity (Wildman–Crippen MR) is 156 cm³/mol. The fourth-order valence-corrected chi connectivity index (χ4v) is 4.55. The summed E-state index contributed by atoms with van der Waals surface area (Å²) in [7, 11) is 1.44. The van der Waals surface area contributed by atoms with Crippen molar-refractivity contribution in [2.24, 2.45) is 5.73 Å². The summed E-state index contributed by atoms with van der Waals surface area (Å²) in [4.78, 5) is 21.0. The van der Waals surface area contributed by atoms with Crippen LogP contribution in [-0.4, -0.2) is 34.7 Å². The number of aryl methyl sites for hydroxylation is 1. The third-order valence-electron chi connectivity index (χ3n) is 6.58. The van der Waals surface area contributed by atoms with Crippen LogP contribution < -0.4 is 20.5 Å². The number of carbonyl (C=O) groups is 1. The van der Waals surface area contributed by atoms with E-state index < -0.39 is 5.97 Å². The second-order valence-electron chi connectivity index (χ2n) is 9.21. The van der Waals surface area contributed by atoms with Crippen molar-refractivity contribution in [1.29, 1.82) is 0 Å². The number of aromatic nitrogens is 2. The van der Waals surface area contributed by atoms with E-state index in [9.17, 15) is 9.90 Å². The Labute approximate surface area is 232 Å². The molecule has 8 nitrogen and oxygen atoms in total. The Morgan fingerprint density at radius 1 is 0.975 bits per heavy atom. The Balaban J connectivity index is 0.000000348. The molecule has 3 heterocycles. The molecule has 0 unspecified atom stereocenters. The van der Waals surface area contributed by atoms with Crippen molar-refractivity contribution in [1.82, 2.24) is 9.97 Å². The van der Waals surface area contributed by atoms with Crippen LogP contribution in [0.5, 0.6) is 17.2 Å². The number of aromatic carboxylic acids is 1. The zero-order valence-corrected chi connectivity index (χ0v) is 22.1. The molecule has 0 radical (unpaired) electrons. The van der Waals surface area contributed by atoms with Gasteiger partial charge in [0.25, 0.3) is 0 Å². The van der Waals surface area contributed by atoms with Gasteiger partial charge in [0.15, 0.2) is 5.75 Å². The Bertz CT molecular complexity index is 1630. The summed E-state index contributed by atoms with van der Waals surface area (Å²) in [6.45, 7) is 1.53.